The van der Waals surface area contributed by atoms with E-state index < -0.39 is 0 Å². The van der Waals surface area contributed by atoms with E-state index in [4.69, 9.17) is 11.6 Å². The van der Waals surface area contributed by atoms with Crippen molar-refractivity contribution in [1.82, 2.24) is 0 Å². The summed E-state index contributed by atoms with van der Waals surface area (Å²) in [5.41, 5.74) is 1.80. The molecule has 0 aliphatic heterocycles. The summed E-state index contributed by atoms with van der Waals surface area (Å²) in [4.78, 5) is 0. The predicted octanol–water partition coefficient (Wildman–Crippen LogP) is 5.04. The van der Waals surface area contributed by atoms with E-state index in [1.165, 1.54) is 17.7 Å². The minimum atomic E-state index is -0.287. The lowest BCUT2D eigenvalue weighted by molar-refractivity contribution is 0.627. The first-order valence-electron chi connectivity index (χ1n) is 5.97. The summed E-state index contributed by atoms with van der Waals surface area (Å²) in [5, 5.41) is 3.82. The van der Waals surface area contributed by atoms with E-state index in [0.29, 0.717) is 10.7 Å². The summed E-state index contributed by atoms with van der Waals surface area (Å²) in [6.07, 6.45) is 0.900. The van der Waals surface area contributed by atoms with Crippen molar-refractivity contribution < 1.29 is 4.39 Å². The van der Waals surface area contributed by atoms with E-state index in [9.17, 15) is 4.39 Å². The molecule has 3 heteroatoms. The maximum absolute atomic E-state index is 13.2. The number of hydrogen-bond acceptors (Lipinski definition) is 1. The van der Waals surface area contributed by atoms with Crippen LogP contribution in [-0.2, 0) is 0 Å². The van der Waals surface area contributed by atoms with Crippen molar-refractivity contribution in [3.05, 3.63) is 64.9 Å². The summed E-state index contributed by atoms with van der Waals surface area (Å²) in [5.74, 6) is -0.287. The molecule has 1 atom stereocenters. The number of anilines is 1. The largest absolute Gasteiger partial charge is 0.377 e. The smallest absolute Gasteiger partial charge is 0.125 e. The van der Waals surface area contributed by atoms with Gasteiger partial charge in [0.25, 0.3) is 0 Å². The molecule has 0 aliphatic carbocycles. The molecule has 0 saturated carbocycles. The molecule has 0 aromatic heterocycles. The van der Waals surface area contributed by atoms with Crippen LogP contribution < -0.4 is 5.32 Å². The molecule has 18 heavy (non-hydrogen) atoms. The molecule has 2 rings (SSSR count). The zero-order valence-electron chi connectivity index (χ0n) is 10.2. The Bertz CT molecular complexity index is 513. The first-order valence-corrected chi connectivity index (χ1v) is 6.35. The molecular formula is C15H15ClFN. The molecule has 0 amide bonds. The molecule has 2 aromatic rings. The fourth-order valence-corrected chi connectivity index (χ4v) is 2.07. The van der Waals surface area contributed by atoms with Gasteiger partial charge in [-0.2, -0.15) is 0 Å². The zero-order valence-corrected chi connectivity index (χ0v) is 10.9. The van der Waals surface area contributed by atoms with Crippen molar-refractivity contribution in [3.8, 4) is 0 Å². The first-order chi connectivity index (χ1) is 8.70. The van der Waals surface area contributed by atoms with Crippen molar-refractivity contribution in [2.45, 2.75) is 19.4 Å². The molecule has 1 unspecified atom stereocenters. The zero-order chi connectivity index (χ0) is 13.0. The third kappa shape index (κ3) is 3.02. The summed E-state index contributed by atoms with van der Waals surface area (Å²) in [6.45, 7) is 2.08. The molecule has 0 radical (unpaired) electrons. The molecule has 0 aliphatic rings. The Hall–Kier alpha value is -1.54. The van der Waals surface area contributed by atoms with Crippen molar-refractivity contribution >= 4 is 17.3 Å². The van der Waals surface area contributed by atoms with Crippen LogP contribution in [0.2, 0.25) is 5.02 Å². The summed E-state index contributed by atoms with van der Waals surface area (Å²) < 4.78 is 13.2. The Labute approximate surface area is 112 Å². The maximum atomic E-state index is 13.2. The van der Waals surface area contributed by atoms with E-state index in [0.717, 1.165) is 6.42 Å². The van der Waals surface area contributed by atoms with Crippen LogP contribution in [0.5, 0.6) is 0 Å². The van der Waals surface area contributed by atoms with Crippen LogP contribution in [0.1, 0.15) is 24.9 Å². The van der Waals surface area contributed by atoms with Crippen LogP contribution in [0.15, 0.2) is 48.5 Å². The van der Waals surface area contributed by atoms with E-state index in [1.807, 2.05) is 30.3 Å². The van der Waals surface area contributed by atoms with Gasteiger partial charge in [-0.05, 0) is 30.2 Å². The van der Waals surface area contributed by atoms with Crippen LogP contribution in [0.25, 0.3) is 0 Å². The Morgan fingerprint density at radius 1 is 1.17 bits per heavy atom. The van der Waals surface area contributed by atoms with Crippen LogP contribution in [0, 0.1) is 5.82 Å². The van der Waals surface area contributed by atoms with Crippen LogP contribution in [0.3, 0.4) is 0 Å². The molecule has 0 heterocycles. The van der Waals surface area contributed by atoms with Gasteiger partial charge in [-0.1, -0.05) is 48.9 Å². The van der Waals surface area contributed by atoms with Crippen LogP contribution in [-0.4, -0.2) is 0 Å². The molecule has 94 valence electrons. The van der Waals surface area contributed by atoms with Gasteiger partial charge in [-0.25, -0.2) is 4.39 Å². The lowest BCUT2D eigenvalue weighted by Crippen LogP contribution is -2.10. The third-order valence-corrected chi connectivity index (χ3v) is 3.20. The number of halogens is 2. The molecule has 1 N–H and O–H groups in total. The van der Waals surface area contributed by atoms with Crippen molar-refractivity contribution in [2.75, 3.05) is 5.32 Å². The number of rotatable bonds is 4. The number of hydrogen-bond donors (Lipinski definition) is 1. The van der Waals surface area contributed by atoms with Gasteiger partial charge >= 0.3 is 0 Å². The van der Waals surface area contributed by atoms with E-state index in [1.54, 1.807) is 6.07 Å². The topological polar surface area (TPSA) is 12.0 Å². The van der Waals surface area contributed by atoms with Gasteiger partial charge in [0.15, 0.2) is 0 Å². The Morgan fingerprint density at radius 3 is 2.56 bits per heavy atom. The second-order valence-corrected chi connectivity index (χ2v) is 4.55. The van der Waals surface area contributed by atoms with Crippen molar-refractivity contribution in [3.63, 3.8) is 0 Å². The quantitative estimate of drug-likeness (QED) is 0.815. The summed E-state index contributed by atoms with van der Waals surface area (Å²) >= 11 is 6.06. The van der Waals surface area contributed by atoms with E-state index >= 15 is 0 Å². The SMILES string of the molecule is CCC(Nc1cc(F)ccc1Cl)c1ccccc1. The van der Waals surface area contributed by atoms with Gasteiger partial charge in [-0.15, -0.1) is 0 Å². The average Bonchev–Trinajstić information content (AvgIpc) is 2.41. The highest BCUT2D eigenvalue weighted by Gasteiger charge is 2.11. The molecular weight excluding hydrogens is 249 g/mol. The summed E-state index contributed by atoms with van der Waals surface area (Å²) in [6, 6.07) is 14.5. The van der Waals surface area contributed by atoms with Gasteiger partial charge < -0.3 is 5.32 Å². The minimum Gasteiger partial charge on any atom is -0.377 e. The van der Waals surface area contributed by atoms with Gasteiger partial charge in [0, 0.05) is 0 Å². The summed E-state index contributed by atoms with van der Waals surface area (Å²) in [7, 11) is 0. The third-order valence-electron chi connectivity index (χ3n) is 2.87. The number of nitrogens with one attached hydrogen (secondary N) is 1. The lowest BCUT2D eigenvalue weighted by Gasteiger charge is -2.19. The van der Waals surface area contributed by atoms with Crippen LogP contribution >= 0.6 is 11.6 Å². The molecule has 0 fully saturated rings. The van der Waals surface area contributed by atoms with E-state index in [2.05, 4.69) is 12.2 Å². The van der Waals surface area contributed by atoms with Crippen LogP contribution in [0.4, 0.5) is 10.1 Å². The standard InChI is InChI=1S/C15H15ClFN/c1-2-14(11-6-4-3-5-7-11)18-15-10-12(17)8-9-13(15)16/h3-10,14,18H,2H2,1H3. The number of benzene rings is 2. The Morgan fingerprint density at radius 2 is 1.89 bits per heavy atom. The Kier molecular flexibility index (Phi) is 4.21. The first kappa shape index (κ1) is 12.9. The second-order valence-electron chi connectivity index (χ2n) is 4.14. The molecule has 0 bridgehead atoms. The average molecular weight is 264 g/mol. The normalized spacial score (nSPS) is 12.2. The molecule has 0 saturated heterocycles. The molecule has 0 spiro atoms. The highest BCUT2D eigenvalue weighted by atomic mass is 35.5. The predicted molar refractivity (Wildman–Crippen MR) is 74.5 cm³/mol. The minimum absolute atomic E-state index is 0.130. The fraction of sp³-hybridized carbons (Fsp3) is 0.200. The van der Waals surface area contributed by atoms with Gasteiger partial charge in [0.2, 0.25) is 0 Å². The monoisotopic (exact) mass is 263 g/mol. The van der Waals surface area contributed by atoms with Crippen molar-refractivity contribution in [1.29, 1.82) is 0 Å². The maximum Gasteiger partial charge on any atom is 0.125 e. The van der Waals surface area contributed by atoms with Gasteiger partial charge in [-0.3, -0.25) is 0 Å². The van der Waals surface area contributed by atoms with E-state index in [-0.39, 0.29) is 11.9 Å². The molecule has 2 aromatic carbocycles. The Balaban J connectivity index is 2.23. The fourth-order valence-electron chi connectivity index (χ4n) is 1.90. The molecule has 1 nitrogen and oxygen atoms in total. The highest BCUT2D eigenvalue weighted by molar-refractivity contribution is 6.33. The second kappa shape index (κ2) is 5.87. The lowest BCUT2D eigenvalue weighted by atomic mass is 10.0. The van der Waals surface area contributed by atoms with Gasteiger partial charge in [0.1, 0.15) is 5.82 Å². The highest BCUT2D eigenvalue weighted by Crippen LogP contribution is 2.28. The van der Waals surface area contributed by atoms with Gasteiger partial charge in [0.05, 0.1) is 16.8 Å². The van der Waals surface area contributed by atoms with Crippen molar-refractivity contribution in [2.24, 2.45) is 0 Å².